The highest BCUT2D eigenvalue weighted by molar-refractivity contribution is 6.28. The Morgan fingerprint density at radius 1 is 0.925 bits per heavy atom. The van der Waals surface area contributed by atoms with Gasteiger partial charge in [-0.25, -0.2) is 9.78 Å². The maximum absolute atomic E-state index is 13.9. The van der Waals surface area contributed by atoms with E-state index in [-0.39, 0.29) is 5.78 Å². The van der Waals surface area contributed by atoms with Crippen molar-refractivity contribution in [1.29, 1.82) is 0 Å². The maximum atomic E-state index is 13.9. The van der Waals surface area contributed by atoms with E-state index in [4.69, 9.17) is 9.26 Å². The minimum atomic E-state index is -0.406. The quantitative estimate of drug-likeness (QED) is 0.297. The summed E-state index contributed by atoms with van der Waals surface area (Å²) in [6, 6.07) is 22.4. The largest absolute Gasteiger partial charge is 0.465 e. The molecule has 0 spiro atoms. The van der Waals surface area contributed by atoms with Crippen molar-refractivity contribution in [3.8, 4) is 11.3 Å². The van der Waals surface area contributed by atoms with Gasteiger partial charge in [-0.2, -0.15) is 0 Å². The van der Waals surface area contributed by atoms with E-state index in [9.17, 15) is 9.59 Å². The van der Waals surface area contributed by atoms with E-state index >= 15 is 0 Å². The third-order valence-corrected chi connectivity index (χ3v) is 7.56. The first-order chi connectivity index (χ1) is 19.6. The molecule has 40 heavy (non-hydrogen) atoms. The van der Waals surface area contributed by atoms with Crippen molar-refractivity contribution in [3.05, 3.63) is 95.7 Å². The van der Waals surface area contributed by atoms with Gasteiger partial charge in [-0.15, -0.1) is 0 Å². The summed E-state index contributed by atoms with van der Waals surface area (Å²) in [7, 11) is 1.35. The molecule has 0 saturated carbocycles. The highest BCUT2D eigenvalue weighted by Gasteiger charge is 2.34. The minimum absolute atomic E-state index is 0.0866. The van der Waals surface area contributed by atoms with Crippen molar-refractivity contribution >= 4 is 45.5 Å². The number of piperazine rings is 1. The van der Waals surface area contributed by atoms with Crippen LogP contribution in [0.15, 0.2) is 83.5 Å². The Labute approximate surface area is 230 Å². The van der Waals surface area contributed by atoms with Gasteiger partial charge >= 0.3 is 5.97 Å². The lowest BCUT2D eigenvalue weighted by Crippen LogP contribution is -2.47. The number of hydrogen-bond acceptors (Lipinski definition) is 9. The highest BCUT2D eigenvalue weighted by atomic mass is 16.5. The molecule has 1 N–H and O–H groups in total. The summed E-state index contributed by atoms with van der Waals surface area (Å²) >= 11 is 0. The third kappa shape index (κ3) is 3.86. The SMILES string of the molecule is COC(=O)c1ccc(Nc2cc(N3CCN(c4ccccn4)CC3)c3noc4c3c2C(=O)c2ccccc2-4)cc1. The zero-order chi connectivity index (χ0) is 27.2. The molecule has 2 aromatic heterocycles. The molecular weight excluding hydrogens is 506 g/mol. The van der Waals surface area contributed by atoms with Crippen LogP contribution in [0.2, 0.25) is 0 Å². The zero-order valence-corrected chi connectivity index (χ0v) is 21.8. The number of ether oxygens (including phenoxy) is 1. The summed E-state index contributed by atoms with van der Waals surface area (Å²) in [4.78, 5) is 34.8. The molecule has 0 bridgehead atoms. The first-order valence-electron chi connectivity index (χ1n) is 13.1. The van der Waals surface area contributed by atoms with Crippen LogP contribution in [0.25, 0.3) is 22.2 Å². The summed E-state index contributed by atoms with van der Waals surface area (Å²) in [5.41, 5.74) is 5.26. The standard InChI is InChI=1S/C31H25N5O4/c1-39-31(38)19-9-11-20(12-10-19)33-23-18-24(35-14-16-36(17-15-35)25-8-4-5-13-32-25)28-27-26(23)29(37)21-6-2-3-7-22(21)30(27)40-34-28/h2-13,18,33H,14-17H2,1H3. The number of rotatable bonds is 5. The third-order valence-electron chi connectivity index (χ3n) is 7.56. The smallest absolute Gasteiger partial charge is 0.337 e. The topological polar surface area (TPSA) is 101 Å². The van der Waals surface area contributed by atoms with Crippen molar-refractivity contribution in [2.45, 2.75) is 0 Å². The molecule has 1 saturated heterocycles. The van der Waals surface area contributed by atoms with Crippen LogP contribution >= 0.6 is 0 Å². The van der Waals surface area contributed by atoms with Gasteiger partial charge in [0.25, 0.3) is 0 Å². The van der Waals surface area contributed by atoms with Crippen LogP contribution in [0.3, 0.4) is 0 Å². The second kappa shape index (κ2) is 9.53. The highest BCUT2D eigenvalue weighted by Crippen LogP contribution is 2.46. The van der Waals surface area contributed by atoms with E-state index in [0.29, 0.717) is 39.0 Å². The lowest BCUT2D eigenvalue weighted by molar-refractivity contribution is 0.0600. The molecule has 1 fully saturated rings. The van der Waals surface area contributed by atoms with Crippen LogP contribution in [0.4, 0.5) is 22.9 Å². The second-order valence-corrected chi connectivity index (χ2v) is 9.78. The van der Waals surface area contributed by atoms with Gasteiger partial charge in [0.05, 0.1) is 35.0 Å². The molecule has 0 radical (unpaired) electrons. The van der Waals surface area contributed by atoms with Gasteiger partial charge in [-0.3, -0.25) is 4.79 Å². The van der Waals surface area contributed by atoms with Gasteiger partial charge in [0.15, 0.2) is 11.5 Å². The number of methoxy groups -OCH3 is 1. The number of benzene rings is 3. The summed E-state index contributed by atoms with van der Waals surface area (Å²) in [6.07, 6.45) is 1.81. The van der Waals surface area contributed by atoms with Crippen molar-refractivity contribution in [2.24, 2.45) is 0 Å². The summed E-state index contributed by atoms with van der Waals surface area (Å²) in [6.45, 7) is 3.10. The first kappa shape index (κ1) is 23.9. The van der Waals surface area contributed by atoms with Gasteiger partial charge < -0.3 is 24.4 Å². The van der Waals surface area contributed by atoms with E-state index in [1.165, 1.54) is 7.11 Å². The normalized spacial score (nSPS) is 14.3. The van der Waals surface area contributed by atoms with Crippen LogP contribution in [0, 0.1) is 0 Å². The van der Waals surface area contributed by atoms with Crippen molar-refractivity contribution in [1.82, 2.24) is 10.1 Å². The number of nitrogens with one attached hydrogen (secondary N) is 1. The molecule has 9 nitrogen and oxygen atoms in total. The Kier molecular flexibility index (Phi) is 5.70. The fourth-order valence-corrected chi connectivity index (χ4v) is 5.56. The molecule has 0 unspecified atom stereocenters. The van der Waals surface area contributed by atoms with Gasteiger partial charge in [-0.05, 0) is 42.5 Å². The van der Waals surface area contributed by atoms with Crippen LogP contribution in [-0.2, 0) is 4.74 Å². The Morgan fingerprint density at radius 2 is 1.65 bits per heavy atom. The number of carbonyl (C=O) groups excluding carboxylic acids is 2. The monoisotopic (exact) mass is 531 g/mol. The molecule has 1 aliphatic heterocycles. The fraction of sp³-hybridized carbons (Fsp3) is 0.161. The second-order valence-electron chi connectivity index (χ2n) is 9.78. The summed E-state index contributed by atoms with van der Waals surface area (Å²) in [5.74, 6) is 1.06. The Balaban J connectivity index is 1.31. The predicted molar refractivity (Wildman–Crippen MR) is 153 cm³/mol. The molecule has 198 valence electrons. The molecule has 9 heteroatoms. The van der Waals surface area contributed by atoms with Crippen LogP contribution in [0.5, 0.6) is 0 Å². The zero-order valence-electron chi connectivity index (χ0n) is 21.8. The molecule has 7 rings (SSSR count). The molecule has 0 atom stereocenters. The van der Waals surface area contributed by atoms with Crippen molar-refractivity contribution in [3.63, 3.8) is 0 Å². The maximum Gasteiger partial charge on any atom is 0.337 e. The van der Waals surface area contributed by atoms with Crippen LogP contribution in [0.1, 0.15) is 26.3 Å². The van der Waals surface area contributed by atoms with Gasteiger partial charge in [0.1, 0.15) is 11.3 Å². The predicted octanol–water partition coefficient (Wildman–Crippen LogP) is 5.29. The number of carbonyl (C=O) groups is 2. The molecule has 1 aliphatic carbocycles. The van der Waals surface area contributed by atoms with Crippen molar-refractivity contribution < 1.29 is 18.8 Å². The van der Waals surface area contributed by atoms with E-state index < -0.39 is 5.97 Å². The van der Waals surface area contributed by atoms with E-state index in [0.717, 1.165) is 48.9 Å². The van der Waals surface area contributed by atoms with Crippen molar-refractivity contribution in [2.75, 3.05) is 48.4 Å². The van der Waals surface area contributed by atoms with E-state index in [1.54, 1.807) is 24.3 Å². The first-order valence-corrected chi connectivity index (χ1v) is 13.1. The number of nitrogens with zero attached hydrogens (tertiary/aromatic N) is 4. The molecular formula is C31H25N5O4. The van der Waals surface area contributed by atoms with Gasteiger partial charge in [0, 0.05) is 49.2 Å². The molecule has 5 aromatic rings. The van der Waals surface area contributed by atoms with Gasteiger partial charge in [-0.1, -0.05) is 35.5 Å². The minimum Gasteiger partial charge on any atom is -0.465 e. The Bertz CT molecular complexity index is 1760. The lowest BCUT2D eigenvalue weighted by Gasteiger charge is -2.37. The summed E-state index contributed by atoms with van der Waals surface area (Å²) in [5, 5.41) is 8.64. The number of fused-ring (bicyclic) bond motifs is 2. The number of aromatic nitrogens is 2. The van der Waals surface area contributed by atoms with E-state index in [2.05, 4.69) is 25.3 Å². The number of esters is 1. The van der Waals surface area contributed by atoms with Crippen LogP contribution in [-0.4, -0.2) is 55.2 Å². The van der Waals surface area contributed by atoms with Gasteiger partial charge in [0.2, 0.25) is 0 Å². The Morgan fingerprint density at radius 3 is 2.38 bits per heavy atom. The average Bonchev–Trinajstić information content (AvgIpc) is 3.46. The molecule has 2 aliphatic rings. The van der Waals surface area contributed by atoms with Crippen LogP contribution < -0.4 is 15.1 Å². The number of ketones is 1. The van der Waals surface area contributed by atoms with E-state index in [1.807, 2.05) is 54.7 Å². The number of hydrogen-bond donors (Lipinski definition) is 1. The molecule has 3 heterocycles. The Hall–Kier alpha value is -5.18. The average molecular weight is 532 g/mol. The summed E-state index contributed by atoms with van der Waals surface area (Å²) < 4.78 is 10.7. The lowest BCUT2D eigenvalue weighted by atomic mass is 9.86. The number of pyridine rings is 1. The fourth-order valence-electron chi connectivity index (χ4n) is 5.56. The number of anilines is 4. The molecule has 3 aromatic carbocycles. The molecule has 0 amide bonds.